The van der Waals surface area contributed by atoms with Crippen LogP contribution in [0.1, 0.15) is 46.7 Å². The minimum Gasteiger partial charge on any atom is -0.348 e. The molecule has 1 aliphatic rings. The highest BCUT2D eigenvalue weighted by Gasteiger charge is 2.23. The second kappa shape index (κ2) is 8.73. The molecular weight excluding hydrogens is 354 g/mol. The third-order valence-corrected chi connectivity index (χ3v) is 5.77. The Labute approximate surface area is 166 Å². The van der Waals surface area contributed by atoms with Crippen molar-refractivity contribution in [1.82, 2.24) is 15.3 Å². The summed E-state index contributed by atoms with van der Waals surface area (Å²) in [5.74, 6) is 0.441. The zero-order chi connectivity index (χ0) is 18.5. The number of nitrogens with zero attached hydrogens (tertiary/aromatic N) is 1. The molecule has 4 heteroatoms. The molecule has 2 aromatic carbocycles. The molecule has 0 fully saturated rings. The molecular formula is C23H26ClN3. The lowest BCUT2D eigenvalue weighted by Crippen LogP contribution is -2.20. The van der Waals surface area contributed by atoms with Gasteiger partial charge in [0.25, 0.3) is 0 Å². The Morgan fingerprint density at radius 3 is 2.78 bits per heavy atom. The Morgan fingerprint density at radius 2 is 1.89 bits per heavy atom. The van der Waals surface area contributed by atoms with Crippen LogP contribution in [0.3, 0.4) is 0 Å². The van der Waals surface area contributed by atoms with E-state index in [4.69, 9.17) is 11.6 Å². The first-order chi connectivity index (χ1) is 13.3. The van der Waals surface area contributed by atoms with E-state index in [2.05, 4.69) is 51.7 Å². The van der Waals surface area contributed by atoms with Crippen LogP contribution in [0, 0.1) is 0 Å². The molecule has 1 unspecified atom stereocenters. The van der Waals surface area contributed by atoms with Gasteiger partial charge in [-0.1, -0.05) is 41.9 Å². The molecule has 0 radical (unpaired) electrons. The van der Waals surface area contributed by atoms with Gasteiger partial charge in [-0.15, -0.1) is 0 Å². The lowest BCUT2D eigenvalue weighted by atomic mass is 9.85. The molecule has 2 N–H and O–H groups in total. The Bertz CT molecular complexity index is 873. The first-order valence-electron chi connectivity index (χ1n) is 9.85. The fourth-order valence-corrected chi connectivity index (χ4v) is 4.37. The Hall–Kier alpha value is -2.10. The number of benzene rings is 2. The molecule has 0 saturated carbocycles. The number of hydrogen-bond acceptors (Lipinski definition) is 2. The monoisotopic (exact) mass is 379 g/mol. The van der Waals surface area contributed by atoms with Crippen LogP contribution >= 0.6 is 11.6 Å². The molecule has 27 heavy (non-hydrogen) atoms. The second-order valence-corrected chi connectivity index (χ2v) is 7.75. The Kier molecular flexibility index (Phi) is 5.90. The van der Waals surface area contributed by atoms with Gasteiger partial charge in [0.2, 0.25) is 0 Å². The number of aromatic nitrogens is 2. The smallest absolute Gasteiger partial charge is 0.0921 e. The van der Waals surface area contributed by atoms with E-state index >= 15 is 0 Å². The normalized spacial score (nSPS) is 15.8. The van der Waals surface area contributed by atoms with E-state index in [9.17, 15) is 0 Å². The quantitative estimate of drug-likeness (QED) is 0.573. The zero-order valence-corrected chi connectivity index (χ0v) is 16.3. The van der Waals surface area contributed by atoms with Crippen LogP contribution in [0.2, 0.25) is 5.02 Å². The molecule has 4 rings (SSSR count). The number of halogens is 1. The van der Waals surface area contributed by atoms with E-state index in [1.54, 1.807) is 6.33 Å². The van der Waals surface area contributed by atoms with Gasteiger partial charge < -0.3 is 10.3 Å². The standard InChI is InChI=1S/C23H26ClN3/c24-19-9-10-22-18(14-19)8-7-17-4-1-2-6-21(17)23(22)11-13-25-12-3-5-20-15-26-16-27-20/h1-2,4,6,9-10,14-16,23,25H,3,5,7-8,11-13H2,(H,26,27). The van der Waals surface area contributed by atoms with Crippen LogP contribution in [0.25, 0.3) is 0 Å². The van der Waals surface area contributed by atoms with Gasteiger partial charge in [0, 0.05) is 22.8 Å². The molecule has 1 atom stereocenters. The maximum Gasteiger partial charge on any atom is 0.0921 e. The predicted octanol–water partition coefficient (Wildman–Crippen LogP) is 4.91. The summed E-state index contributed by atoms with van der Waals surface area (Å²) in [5.41, 5.74) is 7.03. The first-order valence-corrected chi connectivity index (χ1v) is 10.2. The minimum atomic E-state index is 0.441. The molecule has 3 aromatic rings. The highest BCUT2D eigenvalue weighted by molar-refractivity contribution is 6.30. The molecule has 3 nitrogen and oxygen atoms in total. The van der Waals surface area contributed by atoms with E-state index < -0.39 is 0 Å². The van der Waals surface area contributed by atoms with Crippen molar-refractivity contribution < 1.29 is 0 Å². The fraction of sp³-hybridized carbons (Fsp3) is 0.348. The largest absolute Gasteiger partial charge is 0.348 e. The number of aryl methyl sites for hydroxylation is 3. The van der Waals surface area contributed by atoms with Gasteiger partial charge in [-0.2, -0.15) is 0 Å². The van der Waals surface area contributed by atoms with Crippen molar-refractivity contribution >= 4 is 11.6 Å². The number of imidazole rings is 1. The molecule has 0 saturated heterocycles. The van der Waals surface area contributed by atoms with Gasteiger partial charge in [-0.05, 0) is 79.6 Å². The average molecular weight is 380 g/mol. The van der Waals surface area contributed by atoms with Gasteiger partial charge >= 0.3 is 0 Å². The summed E-state index contributed by atoms with van der Waals surface area (Å²) < 4.78 is 0. The number of rotatable bonds is 7. The van der Waals surface area contributed by atoms with E-state index in [-0.39, 0.29) is 0 Å². The summed E-state index contributed by atoms with van der Waals surface area (Å²) >= 11 is 6.27. The maximum atomic E-state index is 6.27. The van der Waals surface area contributed by atoms with Gasteiger partial charge in [-0.3, -0.25) is 0 Å². The molecule has 1 aliphatic carbocycles. The first kappa shape index (κ1) is 18.3. The summed E-state index contributed by atoms with van der Waals surface area (Å²) in [4.78, 5) is 7.23. The topological polar surface area (TPSA) is 40.7 Å². The second-order valence-electron chi connectivity index (χ2n) is 7.31. The fourth-order valence-electron chi connectivity index (χ4n) is 4.18. The van der Waals surface area contributed by atoms with Crippen molar-refractivity contribution in [2.45, 2.75) is 38.0 Å². The Morgan fingerprint density at radius 1 is 1.04 bits per heavy atom. The highest BCUT2D eigenvalue weighted by Crippen LogP contribution is 2.37. The lowest BCUT2D eigenvalue weighted by molar-refractivity contribution is 0.592. The van der Waals surface area contributed by atoms with Crippen LogP contribution in [-0.2, 0) is 19.3 Å². The maximum absolute atomic E-state index is 6.27. The molecule has 140 valence electrons. The number of H-pyrrole nitrogens is 1. The van der Waals surface area contributed by atoms with E-state index in [1.165, 1.54) is 27.9 Å². The van der Waals surface area contributed by atoms with Gasteiger partial charge in [0.1, 0.15) is 0 Å². The highest BCUT2D eigenvalue weighted by atomic mass is 35.5. The van der Waals surface area contributed by atoms with Crippen molar-refractivity contribution in [1.29, 1.82) is 0 Å². The third-order valence-electron chi connectivity index (χ3n) is 5.54. The summed E-state index contributed by atoms with van der Waals surface area (Å²) in [6.45, 7) is 2.05. The van der Waals surface area contributed by atoms with Gasteiger partial charge in [0.15, 0.2) is 0 Å². The minimum absolute atomic E-state index is 0.441. The van der Waals surface area contributed by atoms with Crippen molar-refractivity contribution in [3.8, 4) is 0 Å². The summed E-state index contributed by atoms with van der Waals surface area (Å²) in [6, 6.07) is 15.4. The average Bonchev–Trinajstić information content (AvgIpc) is 3.15. The molecule has 0 amide bonds. The lowest BCUT2D eigenvalue weighted by Gasteiger charge is -2.21. The van der Waals surface area contributed by atoms with E-state index in [1.807, 2.05) is 12.3 Å². The summed E-state index contributed by atoms with van der Waals surface area (Å²) in [5, 5.41) is 4.47. The summed E-state index contributed by atoms with van der Waals surface area (Å²) in [6.07, 6.45) is 9.09. The Balaban J connectivity index is 1.41. The van der Waals surface area contributed by atoms with Crippen LogP contribution in [-0.4, -0.2) is 23.1 Å². The predicted molar refractivity (Wildman–Crippen MR) is 112 cm³/mol. The number of nitrogens with one attached hydrogen (secondary N) is 2. The van der Waals surface area contributed by atoms with Gasteiger partial charge in [0.05, 0.1) is 6.33 Å². The van der Waals surface area contributed by atoms with E-state index in [0.29, 0.717) is 5.92 Å². The van der Waals surface area contributed by atoms with E-state index in [0.717, 1.165) is 50.2 Å². The zero-order valence-electron chi connectivity index (χ0n) is 15.5. The molecule has 0 spiro atoms. The SMILES string of the molecule is Clc1ccc2c(c1)CCc1ccccc1C2CCNCCCc1cnc[nH]1. The number of fused-ring (bicyclic) bond motifs is 2. The van der Waals surface area contributed by atoms with Gasteiger partial charge in [-0.25, -0.2) is 4.98 Å². The number of aromatic amines is 1. The molecule has 0 aliphatic heterocycles. The third kappa shape index (κ3) is 4.42. The van der Waals surface area contributed by atoms with Crippen molar-refractivity contribution in [2.24, 2.45) is 0 Å². The van der Waals surface area contributed by atoms with Crippen molar-refractivity contribution in [3.05, 3.63) is 88.0 Å². The van der Waals surface area contributed by atoms with Crippen LogP contribution in [0.15, 0.2) is 55.0 Å². The summed E-state index contributed by atoms with van der Waals surface area (Å²) in [7, 11) is 0. The molecule has 1 aromatic heterocycles. The van der Waals surface area contributed by atoms with Crippen LogP contribution < -0.4 is 5.32 Å². The molecule has 0 bridgehead atoms. The van der Waals surface area contributed by atoms with Crippen molar-refractivity contribution in [3.63, 3.8) is 0 Å². The van der Waals surface area contributed by atoms with Crippen LogP contribution in [0.5, 0.6) is 0 Å². The van der Waals surface area contributed by atoms with Crippen LogP contribution in [0.4, 0.5) is 0 Å². The number of hydrogen-bond donors (Lipinski definition) is 2. The van der Waals surface area contributed by atoms with Crippen molar-refractivity contribution in [2.75, 3.05) is 13.1 Å². The molecule has 1 heterocycles.